The molecule has 1 fully saturated rings. The molecule has 1 aliphatic carbocycles. The summed E-state index contributed by atoms with van der Waals surface area (Å²) in [6.07, 6.45) is 2.03. The molecule has 3 heterocycles. The second-order valence-corrected chi connectivity index (χ2v) is 7.46. The summed E-state index contributed by atoms with van der Waals surface area (Å²) in [5.74, 6) is -1.02. The monoisotopic (exact) mass is 467 g/mol. The summed E-state index contributed by atoms with van der Waals surface area (Å²) in [7, 11) is 0. The third-order valence-corrected chi connectivity index (χ3v) is 5.02. The summed E-state index contributed by atoms with van der Waals surface area (Å²) in [5, 5.41) is 7.12. The maximum atomic E-state index is 14.3. The van der Waals surface area contributed by atoms with Crippen LogP contribution in [0.3, 0.4) is 0 Å². The van der Waals surface area contributed by atoms with Crippen molar-refractivity contribution in [2.45, 2.75) is 19.2 Å². The minimum Gasteiger partial charge on any atom is -0.439 e. The molecule has 32 heavy (non-hydrogen) atoms. The molecule has 2 aliphatic rings. The van der Waals surface area contributed by atoms with Crippen LogP contribution in [0.1, 0.15) is 22.6 Å². The van der Waals surface area contributed by atoms with Crippen molar-refractivity contribution >= 4 is 29.0 Å². The van der Waals surface area contributed by atoms with Gasteiger partial charge in [0.25, 0.3) is 5.91 Å². The van der Waals surface area contributed by atoms with E-state index in [1.165, 1.54) is 40.1 Å². The molecule has 2 aromatic rings. The average Bonchev–Trinajstić information content (AvgIpc) is 3.18. The van der Waals surface area contributed by atoms with Crippen LogP contribution < -0.4 is 5.32 Å². The lowest BCUT2D eigenvalue weighted by molar-refractivity contribution is -0.123. The largest absolute Gasteiger partial charge is 0.439 e. The van der Waals surface area contributed by atoms with E-state index in [-0.39, 0.29) is 46.7 Å². The zero-order valence-corrected chi connectivity index (χ0v) is 17.2. The topological polar surface area (TPSA) is 89.4 Å². The van der Waals surface area contributed by atoms with Gasteiger partial charge in [-0.25, -0.2) is 14.1 Å². The smallest absolute Gasteiger partial charge is 0.387 e. The van der Waals surface area contributed by atoms with Gasteiger partial charge in [-0.2, -0.15) is 13.9 Å². The van der Waals surface area contributed by atoms with Gasteiger partial charge in [0.2, 0.25) is 5.91 Å². The van der Waals surface area contributed by atoms with E-state index >= 15 is 0 Å². The highest BCUT2D eigenvalue weighted by atomic mass is 35.5. The lowest BCUT2D eigenvalue weighted by atomic mass is 10.0. The highest BCUT2D eigenvalue weighted by molar-refractivity contribution is 6.29. The molecule has 0 saturated carbocycles. The Hall–Kier alpha value is -3.34. The zero-order chi connectivity index (χ0) is 22.8. The van der Waals surface area contributed by atoms with Gasteiger partial charge in [0.1, 0.15) is 17.1 Å². The molecular weight excluding hydrogens is 451 g/mol. The quantitative estimate of drug-likeness (QED) is 0.683. The van der Waals surface area contributed by atoms with Crippen LogP contribution in [0.15, 0.2) is 42.3 Å². The Kier molecular flexibility index (Phi) is 6.17. The third-order valence-electron chi connectivity index (χ3n) is 4.82. The molecule has 1 unspecified atom stereocenters. The summed E-state index contributed by atoms with van der Waals surface area (Å²) in [6.45, 7) is -2.61. The Morgan fingerprint density at radius 1 is 1.34 bits per heavy atom. The lowest BCUT2D eigenvalue weighted by Gasteiger charge is -2.25. The van der Waals surface area contributed by atoms with Gasteiger partial charge in [-0.15, -0.1) is 0 Å². The number of ether oxygens (including phenoxy) is 1. The van der Waals surface area contributed by atoms with Crippen molar-refractivity contribution in [2.24, 2.45) is 0 Å². The van der Waals surface area contributed by atoms with Crippen LogP contribution in [-0.4, -0.2) is 63.9 Å². The van der Waals surface area contributed by atoms with Crippen LogP contribution in [0.4, 0.5) is 13.2 Å². The Labute approximate surface area is 185 Å². The fourth-order valence-corrected chi connectivity index (χ4v) is 3.64. The fourth-order valence-electron chi connectivity index (χ4n) is 3.47. The van der Waals surface area contributed by atoms with Gasteiger partial charge in [-0.1, -0.05) is 11.6 Å². The maximum Gasteiger partial charge on any atom is 0.387 e. The Balaban J connectivity index is 1.77. The molecule has 168 valence electrons. The van der Waals surface area contributed by atoms with Crippen LogP contribution in [0.25, 0.3) is 11.3 Å². The van der Waals surface area contributed by atoms with Gasteiger partial charge in [-0.05, 0) is 24.3 Å². The van der Waals surface area contributed by atoms with Crippen molar-refractivity contribution in [3.05, 3.63) is 58.8 Å². The Morgan fingerprint density at radius 2 is 2.16 bits per heavy atom. The molecule has 1 atom stereocenters. The number of nitrogens with one attached hydrogen (secondary N) is 1. The first-order valence-corrected chi connectivity index (χ1v) is 9.97. The summed E-state index contributed by atoms with van der Waals surface area (Å²) < 4.78 is 45.4. The predicted octanol–water partition coefficient (Wildman–Crippen LogP) is 2.74. The standard InChI is InChI=1S/C20H17ClF3N5O3/c21-17-8-13(1-2-25-17)29-16(11-5-12(22)7-14(6-11)32-20(23)24)9-15(27-29)19(31)28-4-3-26-18(30)10-28/h1-2,5-6,8-9,12,20H,3-4,7,10H2,(H,26,30). The summed E-state index contributed by atoms with van der Waals surface area (Å²) in [5.41, 5.74) is 0.876. The van der Waals surface area contributed by atoms with Crippen molar-refractivity contribution < 1.29 is 27.5 Å². The normalized spacial score (nSPS) is 18.8. The van der Waals surface area contributed by atoms with E-state index in [4.69, 9.17) is 11.6 Å². The maximum absolute atomic E-state index is 14.3. The SMILES string of the molecule is O=C1CN(C(=O)c2cc(C3=CC(F)CC(OC(F)F)=C3)n(-c3ccnc(Cl)c3)n2)CCN1. The number of hydrogen-bond acceptors (Lipinski definition) is 5. The molecule has 8 nitrogen and oxygen atoms in total. The molecule has 0 radical (unpaired) electrons. The summed E-state index contributed by atoms with van der Waals surface area (Å²) >= 11 is 5.98. The van der Waals surface area contributed by atoms with E-state index < -0.39 is 18.7 Å². The van der Waals surface area contributed by atoms with Gasteiger partial charge in [0.05, 0.1) is 17.9 Å². The number of alkyl halides is 3. The van der Waals surface area contributed by atoms with E-state index in [0.717, 1.165) is 0 Å². The minimum absolute atomic E-state index is 0.00533. The zero-order valence-electron chi connectivity index (χ0n) is 16.5. The number of carbonyl (C=O) groups excluding carboxylic acids is 2. The third kappa shape index (κ3) is 4.77. The molecule has 4 rings (SSSR count). The predicted molar refractivity (Wildman–Crippen MR) is 108 cm³/mol. The first-order chi connectivity index (χ1) is 15.3. The first kappa shape index (κ1) is 21.9. The van der Waals surface area contributed by atoms with E-state index in [1.807, 2.05) is 0 Å². The van der Waals surface area contributed by atoms with Gasteiger partial charge >= 0.3 is 6.61 Å². The van der Waals surface area contributed by atoms with Crippen LogP contribution in [-0.2, 0) is 9.53 Å². The van der Waals surface area contributed by atoms with Crippen molar-refractivity contribution in [1.29, 1.82) is 0 Å². The number of halogens is 4. The molecule has 2 aromatic heterocycles. The molecule has 0 spiro atoms. The van der Waals surface area contributed by atoms with E-state index in [1.54, 1.807) is 6.07 Å². The van der Waals surface area contributed by atoms with Gasteiger partial charge < -0.3 is 15.0 Å². The second-order valence-electron chi connectivity index (χ2n) is 7.07. The highest BCUT2D eigenvalue weighted by Crippen LogP contribution is 2.31. The molecule has 1 aliphatic heterocycles. The van der Waals surface area contributed by atoms with Crippen molar-refractivity contribution in [3.8, 4) is 5.69 Å². The molecular formula is C20H17ClF3N5O3. The van der Waals surface area contributed by atoms with Crippen molar-refractivity contribution in [3.63, 3.8) is 0 Å². The van der Waals surface area contributed by atoms with Crippen LogP contribution >= 0.6 is 11.6 Å². The number of piperazine rings is 1. The van der Waals surface area contributed by atoms with Gasteiger partial charge in [0, 0.05) is 37.3 Å². The molecule has 1 N–H and O–H groups in total. The van der Waals surface area contributed by atoms with Crippen LogP contribution in [0.2, 0.25) is 5.15 Å². The van der Waals surface area contributed by atoms with Gasteiger partial charge in [0.15, 0.2) is 5.69 Å². The number of hydrogen-bond donors (Lipinski definition) is 1. The van der Waals surface area contributed by atoms with Crippen molar-refractivity contribution in [2.75, 3.05) is 19.6 Å². The Morgan fingerprint density at radius 3 is 2.88 bits per heavy atom. The number of amides is 2. The van der Waals surface area contributed by atoms with Gasteiger partial charge in [-0.3, -0.25) is 9.59 Å². The average molecular weight is 468 g/mol. The van der Waals surface area contributed by atoms with Crippen LogP contribution in [0, 0.1) is 0 Å². The molecule has 2 amide bonds. The number of allylic oxidation sites excluding steroid dienone is 4. The Bertz CT molecular complexity index is 1120. The number of aromatic nitrogens is 3. The fraction of sp³-hybridized carbons (Fsp3) is 0.300. The first-order valence-electron chi connectivity index (χ1n) is 9.60. The minimum atomic E-state index is -3.10. The molecule has 12 heteroatoms. The number of carbonyl (C=O) groups is 2. The molecule has 0 aromatic carbocycles. The molecule has 0 bridgehead atoms. The lowest BCUT2D eigenvalue weighted by Crippen LogP contribution is -2.50. The highest BCUT2D eigenvalue weighted by Gasteiger charge is 2.27. The van der Waals surface area contributed by atoms with E-state index in [2.05, 4.69) is 20.1 Å². The second kappa shape index (κ2) is 9.03. The summed E-state index contributed by atoms with van der Waals surface area (Å²) in [6, 6.07) is 4.46. The summed E-state index contributed by atoms with van der Waals surface area (Å²) in [4.78, 5) is 29.9. The van der Waals surface area contributed by atoms with E-state index in [9.17, 15) is 22.8 Å². The van der Waals surface area contributed by atoms with Crippen molar-refractivity contribution in [1.82, 2.24) is 25.0 Å². The number of rotatable bonds is 5. The van der Waals surface area contributed by atoms with E-state index in [0.29, 0.717) is 18.8 Å². The number of nitrogens with zero attached hydrogens (tertiary/aromatic N) is 4. The molecule has 1 saturated heterocycles. The van der Waals surface area contributed by atoms with Crippen LogP contribution in [0.5, 0.6) is 0 Å². The number of pyridine rings is 1.